The van der Waals surface area contributed by atoms with Gasteiger partial charge in [0.25, 0.3) is 0 Å². The van der Waals surface area contributed by atoms with E-state index in [1.807, 2.05) is 12.1 Å². The van der Waals surface area contributed by atoms with Crippen LogP contribution in [0.4, 0.5) is 0 Å². The fourth-order valence-corrected chi connectivity index (χ4v) is 1.68. The Morgan fingerprint density at radius 1 is 1.29 bits per heavy atom. The summed E-state index contributed by atoms with van der Waals surface area (Å²) in [6.07, 6.45) is 2.71. The normalized spacial score (nSPS) is 10.1. The van der Waals surface area contributed by atoms with Gasteiger partial charge in [0.1, 0.15) is 0 Å². The van der Waals surface area contributed by atoms with Crippen molar-refractivity contribution < 1.29 is 4.79 Å². The van der Waals surface area contributed by atoms with Gasteiger partial charge in [0.05, 0.1) is 0 Å². The lowest BCUT2D eigenvalue weighted by Crippen LogP contribution is -2.10. The molecule has 0 heterocycles. The molecule has 0 aliphatic heterocycles. The van der Waals surface area contributed by atoms with Gasteiger partial charge in [-0.25, -0.2) is 0 Å². The van der Waals surface area contributed by atoms with Gasteiger partial charge < -0.3 is 5.73 Å². The number of nitrogens with two attached hydrogens (primary N) is 1. The van der Waals surface area contributed by atoms with E-state index in [1.54, 1.807) is 12.5 Å². The zero-order valence-electron chi connectivity index (χ0n) is 7.47. The van der Waals surface area contributed by atoms with Crippen molar-refractivity contribution in [2.45, 2.75) is 12.8 Å². The minimum Gasteiger partial charge on any atom is -0.370 e. The van der Waals surface area contributed by atoms with Gasteiger partial charge in [-0.1, -0.05) is 23.2 Å². The van der Waals surface area contributed by atoms with E-state index in [2.05, 4.69) is 0 Å². The van der Waals surface area contributed by atoms with Crippen molar-refractivity contribution in [2.24, 2.45) is 5.73 Å². The number of benzene rings is 1. The highest BCUT2D eigenvalue weighted by Crippen LogP contribution is 2.19. The smallest absolute Gasteiger partial charge is 0.217 e. The first-order valence-electron chi connectivity index (χ1n) is 4.13. The summed E-state index contributed by atoms with van der Waals surface area (Å²) in [5, 5.41) is 1.19. The molecule has 0 saturated carbocycles. The molecule has 0 bridgehead atoms. The van der Waals surface area contributed by atoms with Gasteiger partial charge in [-0.15, -0.1) is 0 Å². The maximum Gasteiger partial charge on any atom is 0.217 e. The first kappa shape index (κ1) is 11.3. The van der Waals surface area contributed by atoms with Crippen LogP contribution in [0.2, 0.25) is 10.0 Å². The summed E-state index contributed by atoms with van der Waals surface area (Å²) in [7, 11) is 0. The highest BCUT2D eigenvalue weighted by atomic mass is 35.5. The molecule has 1 amide bonds. The van der Waals surface area contributed by atoms with E-state index in [1.165, 1.54) is 0 Å². The zero-order chi connectivity index (χ0) is 10.6. The van der Waals surface area contributed by atoms with Crippen LogP contribution in [0.15, 0.2) is 18.2 Å². The molecule has 14 heavy (non-hydrogen) atoms. The summed E-state index contributed by atoms with van der Waals surface area (Å²) in [6.45, 7) is 0. The quantitative estimate of drug-likeness (QED) is 0.850. The van der Waals surface area contributed by atoms with Crippen LogP contribution < -0.4 is 5.73 Å². The largest absolute Gasteiger partial charge is 0.370 e. The van der Waals surface area contributed by atoms with E-state index in [0.29, 0.717) is 16.5 Å². The van der Waals surface area contributed by atoms with Crippen LogP contribution in [0.3, 0.4) is 0 Å². The number of primary amides is 1. The lowest BCUT2D eigenvalue weighted by atomic mass is 10.1. The zero-order valence-corrected chi connectivity index (χ0v) is 8.98. The minimum atomic E-state index is -0.335. The Labute approximate surface area is 93.0 Å². The minimum absolute atomic E-state index is 0.268. The maximum absolute atomic E-state index is 10.5. The van der Waals surface area contributed by atoms with Crippen LogP contribution in [-0.4, -0.2) is 5.91 Å². The van der Waals surface area contributed by atoms with Crippen LogP contribution >= 0.6 is 23.2 Å². The Kier molecular flexibility index (Phi) is 4.23. The number of hydrogen-bond donors (Lipinski definition) is 1. The highest BCUT2D eigenvalue weighted by Gasteiger charge is 2.00. The summed E-state index contributed by atoms with van der Waals surface area (Å²) in [5.74, 6) is -0.335. The van der Waals surface area contributed by atoms with Crippen molar-refractivity contribution in [1.82, 2.24) is 0 Å². The number of rotatable bonds is 4. The van der Waals surface area contributed by atoms with Crippen molar-refractivity contribution in [2.75, 3.05) is 0 Å². The third kappa shape index (κ3) is 3.99. The average Bonchev–Trinajstić information content (AvgIpc) is 2.01. The maximum atomic E-state index is 10.5. The van der Waals surface area contributed by atoms with Crippen LogP contribution in [0.5, 0.6) is 0 Å². The van der Waals surface area contributed by atoms with E-state index < -0.39 is 0 Å². The third-order valence-corrected chi connectivity index (χ3v) is 2.08. The average molecular weight is 231 g/mol. The van der Waals surface area contributed by atoms with Gasteiger partial charge in [-0.05, 0) is 36.6 Å². The summed E-state index contributed by atoms with van der Waals surface area (Å²) in [6, 6.07) is 5.29. The van der Waals surface area contributed by atoms with Gasteiger partial charge in [-0.3, -0.25) is 4.79 Å². The first-order valence-corrected chi connectivity index (χ1v) is 4.88. The number of halogens is 2. The molecule has 2 N–H and O–H groups in total. The lowest BCUT2D eigenvalue weighted by molar-refractivity contribution is -0.117. The molecule has 0 spiro atoms. The molecule has 0 aromatic heterocycles. The van der Waals surface area contributed by atoms with Crippen LogP contribution in [0, 0.1) is 6.42 Å². The van der Waals surface area contributed by atoms with Gasteiger partial charge >= 0.3 is 0 Å². The Hall–Kier alpha value is -0.730. The summed E-state index contributed by atoms with van der Waals surface area (Å²) in [5.41, 5.74) is 5.97. The molecule has 1 aromatic carbocycles. The molecule has 0 aliphatic rings. The van der Waals surface area contributed by atoms with E-state index >= 15 is 0 Å². The van der Waals surface area contributed by atoms with Crippen molar-refractivity contribution >= 4 is 29.1 Å². The third-order valence-electron chi connectivity index (χ3n) is 1.65. The standard InChI is InChI=1S/C10H10Cl2NO/c11-8-4-7(5-9(12)6-8)2-1-3-10(13)14/h1,4-6H,2-3H2,(H2,13,14). The van der Waals surface area contributed by atoms with Gasteiger partial charge in [0, 0.05) is 16.5 Å². The number of carbonyl (C=O) groups is 1. The van der Waals surface area contributed by atoms with Crippen molar-refractivity contribution in [3.8, 4) is 0 Å². The van der Waals surface area contributed by atoms with Crippen molar-refractivity contribution in [3.05, 3.63) is 40.2 Å². The van der Waals surface area contributed by atoms with Crippen molar-refractivity contribution in [1.29, 1.82) is 0 Å². The monoisotopic (exact) mass is 230 g/mol. The van der Waals surface area contributed by atoms with E-state index in [0.717, 1.165) is 5.56 Å². The Morgan fingerprint density at radius 2 is 1.86 bits per heavy atom. The molecule has 1 aromatic rings. The Morgan fingerprint density at radius 3 is 2.36 bits per heavy atom. The topological polar surface area (TPSA) is 43.1 Å². The summed E-state index contributed by atoms with van der Waals surface area (Å²) < 4.78 is 0. The second-order valence-electron chi connectivity index (χ2n) is 2.94. The number of hydrogen-bond acceptors (Lipinski definition) is 1. The number of amides is 1. The summed E-state index contributed by atoms with van der Waals surface area (Å²) in [4.78, 5) is 10.5. The number of carbonyl (C=O) groups excluding carboxylic acids is 1. The van der Waals surface area contributed by atoms with Gasteiger partial charge in [0.15, 0.2) is 0 Å². The van der Waals surface area contributed by atoms with E-state index in [4.69, 9.17) is 28.9 Å². The fourth-order valence-electron chi connectivity index (χ4n) is 1.11. The van der Waals surface area contributed by atoms with Gasteiger partial charge in [0.2, 0.25) is 5.91 Å². The molecule has 0 unspecified atom stereocenters. The molecule has 0 saturated heterocycles. The highest BCUT2D eigenvalue weighted by molar-refractivity contribution is 6.34. The van der Waals surface area contributed by atoms with Crippen LogP contribution in [0.1, 0.15) is 12.0 Å². The second-order valence-corrected chi connectivity index (χ2v) is 3.81. The predicted octanol–water partition coefficient (Wildman–Crippen LogP) is 2.62. The Bertz CT molecular complexity index is 319. The molecule has 0 aliphatic carbocycles. The predicted molar refractivity (Wildman–Crippen MR) is 58.3 cm³/mol. The Balaban J connectivity index is 2.54. The van der Waals surface area contributed by atoms with Crippen LogP contribution in [-0.2, 0) is 11.2 Å². The van der Waals surface area contributed by atoms with Crippen molar-refractivity contribution in [3.63, 3.8) is 0 Å². The molecule has 1 rings (SSSR count). The molecular formula is C10H10Cl2NO. The van der Waals surface area contributed by atoms with E-state index in [-0.39, 0.29) is 12.3 Å². The molecular weight excluding hydrogens is 221 g/mol. The van der Waals surface area contributed by atoms with Crippen LogP contribution in [0.25, 0.3) is 0 Å². The van der Waals surface area contributed by atoms with E-state index in [9.17, 15) is 4.79 Å². The van der Waals surface area contributed by atoms with Gasteiger partial charge in [-0.2, -0.15) is 0 Å². The summed E-state index contributed by atoms with van der Waals surface area (Å²) >= 11 is 11.6. The molecule has 1 radical (unpaired) electrons. The SMILES string of the molecule is NC(=O)C[CH]Cc1cc(Cl)cc(Cl)c1. The molecule has 4 heteroatoms. The first-order chi connectivity index (χ1) is 6.58. The lowest BCUT2D eigenvalue weighted by Gasteiger charge is -2.01. The molecule has 75 valence electrons. The fraction of sp³-hybridized carbons (Fsp3) is 0.200. The molecule has 0 fully saturated rings. The molecule has 0 atom stereocenters. The second kappa shape index (κ2) is 5.23. The molecule has 2 nitrogen and oxygen atoms in total.